The van der Waals surface area contributed by atoms with Gasteiger partial charge in [-0.2, -0.15) is 0 Å². The normalized spacial score (nSPS) is 14.3. The Balaban J connectivity index is 1.61. The fourth-order valence-corrected chi connectivity index (χ4v) is 5.87. The van der Waals surface area contributed by atoms with Crippen LogP contribution in [0.2, 0.25) is 0 Å². The molecule has 0 aliphatic carbocycles. The van der Waals surface area contributed by atoms with E-state index in [9.17, 15) is 9.36 Å². The first-order valence-corrected chi connectivity index (χ1v) is 13.6. The Morgan fingerprint density at radius 1 is 0.973 bits per heavy atom. The number of imidazole rings is 1. The Bertz CT molecular complexity index is 1470. The zero-order chi connectivity index (χ0) is 25.8. The Hall–Kier alpha value is -3.97. The lowest BCUT2D eigenvalue weighted by atomic mass is 10.00. The molecule has 0 fully saturated rings. The lowest BCUT2D eigenvalue weighted by Crippen LogP contribution is -2.12. The van der Waals surface area contributed by atoms with Gasteiger partial charge in [-0.05, 0) is 49.7 Å². The molecule has 1 aromatic heterocycles. The molecule has 0 saturated heterocycles. The summed E-state index contributed by atoms with van der Waals surface area (Å²) in [6.07, 6.45) is 3.47. The van der Waals surface area contributed by atoms with Gasteiger partial charge in [0.1, 0.15) is 0 Å². The number of nitrogens with zero attached hydrogens (tertiary/aromatic N) is 1. The fraction of sp³-hybridized carbons (Fsp3) is 0.143. The Morgan fingerprint density at radius 2 is 1.70 bits per heavy atom. The van der Waals surface area contributed by atoms with E-state index in [0.717, 1.165) is 22.5 Å². The molecule has 0 saturated carbocycles. The number of aromatic amines is 1. The van der Waals surface area contributed by atoms with Crippen molar-refractivity contribution in [2.24, 2.45) is 0 Å². The second kappa shape index (κ2) is 10.6. The van der Waals surface area contributed by atoms with Crippen LogP contribution in [-0.2, 0) is 18.4 Å². The average molecular weight is 515 g/mol. The predicted molar refractivity (Wildman–Crippen MR) is 146 cm³/mol. The fourth-order valence-electron chi connectivity index (χ4n) is 4.27. The number of hydrogen-bond donors (Lipinski definition) is 3. The number of hydrogen-bond acceptors (Lipinski definition) is 6. The van der Waals surface area contributed by atoms with Gasteiger partial charge in [0, 0.05) is 28.7 Å². The Morgan fingerprint density at radius 3 is 2.35 bits per heavy atom. The summed E-state index contributed by atoms with van der Waals surface area (Å²) in [5.74, 6) is -0.255. The molecule has 0 radical (unpaired) electrons. The van der Waals surface area contributed by atoms with Crippen molar-refractivity contribution < 1.29 is 18.4 Å². The summed E-state index contributed by atoms with van der Waals surface area (Å²) >= 11 is 0. The molecule has 0 bridgehead atoms. The number of carbonyl (C=O) groups excluding carboxylic acids is 1. The first-order chi connectivity index (χ1) is 18.0. The second-order valence-electron chi connectivity index (χ2n) is 8.29. The van der Waals surface area contributed by atoms with Gasteiger partial charge in [-0.15, -0.1) is 0 Å². The first kappa shape index (κ1) is 24.7. The monoisotopic (exact) mass is 514 g/mol. The highest BCUT2D eigenvalue weighted by Gasteiger charge is 2.33. The average Bonchev–Trinajstić information content (AvgIpc) is 3.56. The smallest absolute Gasteiger partial charge is 0.354 e. The SMILES string of the molecule is CCOP(=O)(OCC)c1ccc2c(c1)C(=C(Nc1ccc(-c3c[nH]cn3)cc1)c1ccccc1)C(=O)N2. The molecule has 8 nitrogen and oxygen atoms in total. The van der Waals surface area contributed by atoms with Gasteiger partial charge >= 0.3 is 7.60 Å². The van der Waals surface area contributed by atoms with Gasteiger partial charge in [-0.3, -0.25) is 9.36 Å². The number of fused-ring (bicyclic) bond motifs is 1. The van der Waals surface area contributed by atoms with Crippen LogP contribution in [-0.4, -0.2) is 29.1 Å². The van der Waals surface area contributed by atoms with E-state index in [0.29, 0.717) is 27.8 Å². The number of rotatable bonds is 9. The molecule has 37 heavy (non-hydrogen) atoms. The third kappa shape index (κ3) is 5.00. The molecule has 5 rings (SSSR count). The molecule has 9 heteroatoms. The quantitative estimate of drug-likeness (QED) is 0.190. The number of nitrogens with one attached hydrogen (secondary N) is 3. The van der Waals surface area contributed by atoms with E-state index in [2.05, 4.69) is 20.6 Å². The van der Waals surface area contributed by atoms with Gasteiger partial charge in [0.05, 0.1) is 41.8 Å². The first-order valence-electron chi connectivity index (χ1n) is 12.0. The van der Waals surface area contributed by atoms with Crippen molar-refractivity contribution in [1.82, 2.24) is 9.97 Å². The molecule has 1 aliphatic heterocycles. The number of carbonyl (C=O) groups is 1. The van der Waals surface area contributed by atoms with Crippen molar-refractivity contribution >= 4 is 41.5 Å². The van der Waals surface area contributed by atoms with Crippen molar-refractivity contribution in [2.45, 2.75) is 13.8 Å². The van der Waals surface area contributed by atoms with Crippen LogP contribution in [0, 0.1) is 0 Å². The highest BCUT2D eigenvalue weighted by atomic mass is 31.2. The minimum atomic E-state index is -3.54. The maximum atomic E-state index is 13.5. The van der Waals surface area contributed by atoms with Crippen molar-refractivity contribution in [3.8, 4) is 11.3 Å². The largest absolute Gasteiger partial charge is 0.361 e. The molecule has 1 amide bonds. The second-order valence-corrected chi connectivity index (χ2v) is 10.3. The summed E-state index contributed by atoms with van der Waals surface area (Å²) in [4.78, 5) is 20.6. The molecule has 0 unspecified atom stereocenters. The third-order valence-electron chi connectivity index (χ3n) is 5.92. The maximum Gasteiger partial charge on any atom is 0.361 e. The van der Waals surface area contributed by atoms with Crippen LogP contribution < -0.4 is 15.9 Å². The predicted octanol–water partition coefficient (Wildman–Crippen LogP) is 5.90. The zero-order valence-corrected chi connectivity index (χ0v) is 21.4. The molecule has 188 valence electrons. The topological polar surface area (TPSA) is 105 Å². The molecule has 3 aromatic carbocycles. The minimum absolute atomic E-state index is 0.235. The van der Waals surface area contributed by atoms with Crippen LogP contribution in [0.25, 0.3) is 22.5 Å². The van der Waals surface area contributed by atoms with Crippen molar-refractivity contribution in [2.75, 3.05) is 23.8 Å². The summed E-state index contributed by atoms with van der Waals surface area (Å²) < 4.78 is 24.6. The van der Waals surface area contributed by atoms with E-state index in [4.69, 9.17) is 9.05 Å². The number of H-pyrrole nitrogens is 1. The summed E-state index contributed by atoms with van der Waals surface area (Å²) in [5, 5.41) is 6.79. The van der Waals surface area contributed by atoms with Crippen LogP contribution in [0.5, 0.6) is 0 Å². The van der Waals surface area contributed by atoms with E-state index in [1.165, 1.54) is 0 Å². The van der Waals surface area contributed by atoms with E-state index < -0.39 is 7.60 Å². The van der Waals surface area contributed by atoms with Crippen molar-refractivity contribution in [1.29, 1.82) is 0 Å². The summed E-state index contributed by atoms with van der Waals surface area (Å²) in [7, 11) is -3.54. The van der Waals surface area contributed by atoms with Gasteiger partial charge in [-0.1, -0.05) is 42.5 Å². The molecule has 4 aromatic rings. The molecule has 3 N–H and O–H groups in total. The third-order valence-corrected chi connectivity index (χ3v) is 8.03. The molecule has 1 aliphatic rings. The van der Waals surface area contributed by atoms with E-state index in [-0.39, 0.29) is 19.1 Å². The number of benzene rings is 3. The van der Waals surface area contributed by atoms with Gasteiger partial charge in [0.2, 0.25) is 0 Å². The van der Waals surface area contributed by atoms with Crippen LogP contribution in [0.15, 0.2) is 85.3 Å². The van der Waals surface area contributed by atoms with Crippen LogP contribution >= 0.6 is 7.60 Å². The highest BCUT2D eigenvalue weighted by molar-refractivity contribution is 7.62. The Kier molecular flexibility index (Phi) is 7.06. The lowest BCUT2D eigenvalue weighted by Gasteiger charge is -2.18. The van der Waals surface area contributed by atoms with E-state index in [1.807, 2.05) is 60.8 Å². The van der Waals surface area contributed by atoms with Crippen molar-refractivity contribution in [3.05, 3.63) is 96.4 Å². The van der Waals surface area contributed by atoms with Gasteiger partial charge in [-0.25, -0.2) is 4.98 Å². The summed E-state index contributed by atoms with van der Waals surface area (Å²) in [5.41, 5.74) is 5.78. The molecule has 0 atom stereocenters. The number of amides is 1. The zero-order valence-electron chi connectivity index (χ0n) is 20.5. The van der Waals surface area contributed by atoms with Crippen LogP contribution in [0.1, 0.15) is 25.0 Å². The highest BCUT2D eigenvalue weighted by Crippen LogP contribution is 2.48. The van der Waals surface area contributed by atoms with Crippen LogP contribution in [0.4, 0.5) is 11.4 Å². The molecule has 2 heterocycles. The maximum absolute atomic E-state index is 13.5. The number of aromatic nitrogens is 2. The Labute approximate surface area is 215 Å². The lowest BCUT2D eigenvalue weighted by molar-refractivity contribution is -0.110. The van der Waals surface area contributed by atoms with Gasteiger partial charge in [0.15, 0.2) is 0 Å². The molecule has 0 spiro atoms. The summed E-state index contributed by atoms with van der Waals surface area (Å²) in [6, 6.07) is 22.6. The van der Waals surface area contributed by atoms with Gasteiger partial charge in [0.25, 0.3) is 5.91 Å². The van der Waals surface area contributed by atoms with Crippen LogP contribution in [0.3, 0.4) is 0 Å². The minimum Gasteiger partial charge on any atom is -0.354 e. The van der Waals surface area contributed by atoms with Gasteiger partial charge < -0.3 is 24.7 Å². The standard InChI is InChI=1S/C28H27N4O4P/c1-3-35-37(34,36-4-2)22-14-15-24-23(16-22)26(28(33)32-24)27(20-8-6-5-7-9-20)31-21-12-10-19(11-13-21)25-17-29-18-30-25/h5-18,31H,3-4H2,1-2H3,(H,29,30)(H,32,33). The molecular formula is C28H27N4O4P. The molecular weight excluding hydrogens is 487 g/mol. The van der Waals surface area contributed by atoms with E-state index >= 15 is 0 Å². The number of anilines is 2. The van der Waals surface area contributed by atoms with Crippen molar-refractivity contribution in [3.63, 3.8) is 0 Å². The van der Waals surface area contributed by atoms with E-state index in [1.54, 1.807) is 38.4 Å². The summed E-state index contributed by atoms with van der Waals surface area (Å²) in [6.45, 7) is 4.01.